The lowest BCUT2D eigenvalue weighted by Crippen LogP contribution is -1.90. The number of H-pyrrole nitrogens is 1. The van der Waals surface area contributed by atoms with Crippen molar-refractivity contribution in [1.82, 2.24) is 19.9 Å². The molecule has 0 amide bonds. The van der Waals surface area contributed by atoms with Gasteiger partial charge in [-0.15, -0.1) is 18.3 Å². The topological polar surface area (TPSA) is 63.7 Å². The summed E-state index contributed by atoms with van der Waals surface area (Å²) < 4.78 is 5.48. The molecule has 3 rings (SSSR count). The number of methoxy groups -OCH3 is 1. The van der Waals surface area contributed by atoms with Crippen LogP contribution in [0.2, 0.25) is 0 Å². The van der Waals surface area contributed by atoms with Gasteiger partial charge in [-0.25, -0.2) is 15.0 Å². The van der Waals surface area contributed by atoms with Crippen LogP contribution >= 0.6 is 11.8 Å². The highest BCUT2D eigenvalue weighted by atomic mass is 32.2. The van der Waals surface area contributed by atoms with E-state index >= 15 is 0 Å². The second-order valence-electron chi connectivity index (χ2n) is 4.28. The molecule has 1 aromatic carbocycles. The number of benzene rings is 1. The van der Waals surface area contributed by atoms with E-state index in [0.29, 0.717) is 17.1 Å². The number of ether oxygens (including phenoxy) is 1. The molecule has 0 spiro atoms. The lowest BCUT2D eigenvalue weighted by Gasteiger charge is -2.08. The summed E-state index contributed by atoms with van der Waals surface area (Å²) in [6, 6.07) is 6.03. The van der Waals surface area contributed by atoms with Gasteiger partial charge in [0.1, 0.15) is 11.6 Å². The molecule has 0 aliphatic rings. The van der Waals surface area contributed by atoms with Crippen LogP contribution in [0, 0.1) is 0 Å². The minimum atomic E-state index is 0.597. The van der Waals surface area contributed by atoms with E-state index in [4.69, 9.17) is 4.74 Å². The van der Waals surface area contributed by atoms with E-state index < -0.39 is 0 Å². The van der Waals surface area contributed by atoms with Gasteiger partial charge >= 0.3 is 0 Å². The Kier molecular flexibility index (Phi) is 3.87. The Morgan fingerprint density at radius 2 is 2.19 bits per heavy atom. The number of rotatable bonds is 5. The Balaban J connectivity index is 2.02. The molecule has 0 aliphatic heterocycles. The normalized spacial score (nSPS) is 10.7. The lowest BCUT2D eigenvalue weighted by atomic mass is 10.2. The van der Waals surface area contributed by atoms with Gasteiger partial charge < -0.3 is 9.72 Å². The van der Waals surface area contributed by atoms with Crippen LogP contribution in [0.15, 0.2) is 48.1 Å². The van der Waals surface area contributed by atoms with Crippen molar-refractivity contribution in [3.8, 4) is 17.1 Å². The zero-order valence-electron chi connectivity index (χ0n) is 11.5. The van der Waals surface area contributed by atoms with E-state index in [0.717, 1.165) is 22.0 Å². The second kappa shape index (κ2) is 5.97. The summed E-state index contributed by atoms with van der Waals surface area (Å²) in [7, 11) is 1.65. The third-order valence-electron chi connectivity index (χ3n) is 2.93. The predicted octanol–water partition coefficient (Wildman–Crippen LogP) is 3.31. The number of nitrogens with zero attached hydrogens (tertiary/aromatic N) is 3. The van der Waals surface area contributed by atoms with Gasteiger partial charge in [-0.2, -0.15) is 0 Å². The zero-order valence-corrected chi connectivity index (χ0v) is 12.4. The highest BCUT2D eigenvalue weighted by Gasteiger charge is 2.12. The predicted molar refractivity (Wildman–Crippen MR) is 84.6 cm³/mol. The van der Waals surface area contributed by atoms with E-state index in [2.05, 4.69) is 26.5 Å². The van der Waals surface area contributed by atoms with Crippen LogP contribution in [0.3, 0.4) is 0 Å². The van der Waals surface area contributed by atoms with Crippen LogP contribution < -0.4 is 4.74 Å². The van der Waals surface area contributed by atoms with Crippen LogP contribution in [-0.4, -0.2) is 32.8 Å². The van der Waals surface area contributed by atoms with E-state index in [1.165, 1.54) is 0 Å². The summed E-state index contributed by atoms with van der Waals surface area (Å²) >= 11 is 1.71. The molecule has 21 heavy (non-hydrogen) atoms. The summed E-state index contributed by atoms with van der Waals surface area (Å²) in [6.45, 7) is 3.73. The lowest BCUT2D eigenvalue weighted by molar-refractivity contribution is 0.415. The van der Waals surface area contributed by atoms with Crippen LogP contribution in [0.4, 0.5) is 0 Å². The van der Waals surface area contributed by atoms with E-state index in [1.54, 1.807) is 31.3 Å². The summed E-state index contributed by atoms with van der Waals surface area (Å²) in [4.78, 5) is 17.1. The zero-order chi connectivity index (χ0) is 14.7. The molecule has 0 bridgehead atoms. The van der Waals surface area contributed by atoms with E-state index in [-0.39, 0.29) is 0 Å². The van der Waals surface area contributed by atoms with Crippen LogP contribution in [0.5, 0.6) is 5.75 Å². The van der Waals surface area contributed by atoms with Crippen molar-refractivity contribution in [3.05, 3.63) is 43.2 Å². The largest absolute Gasteiger partial charge is 0.496 e. The first-order valence-corrected chi connectivity index (χ1v) is 7.39. The highest BCUT2D eigenvalue weighted by molar-refractivity contribution is 7.99. The standard InChI is InChI=1S/C15H14N4OS/c1-3-8-21-10-4-5-11(12(9-10)20-2)13-18-14-15(19-13)17-7-6-16-14/h3-7,9H,1,8H2,2H3,(H,16,17,18,19). The fourth-order valence-corrected chi connectivity index (χ4v) is 2.65. The molecule has 0 fully saturated rings. The molecule has 0 saturated carbocycles. The Labute approximate surface area is 126 Å². The SMILES string of the molecule is C=CCSc1ccc(-c2nc3nccnc3[nH]2)c(OC)c1. The molecule has 1 N–H and O–H groups in total. The summed E-state index contributed by atoms with van der Waals surface area (Å²) in [6.07, 6.45) is 5.14. The summed E-state index contributed by atoms with van der Waals surface area (Å²) in [5, 5.41) is 0. The Morgan fingerprint density at radius 3 is 2.95 bits per heavy atom. The molecule has 0 radical (unpaired) electrons. The van der Waals surface area contributed by atoms with Crippen molar-refractivity contribution >= 4 is 23.1 Å². The number of hydrogen-bond acceptors (Lipinski definition) is 5. The number of imidazole rings is 1. The van der Waals surface area contributed by atoms with Gasteiger partial charge in [0.15, 0.2) is 11.3 Å². The minimum Gasteiger partial charge on any atom is -0.496 e. The maximum Gasteiger partial charge on any atom is 0.197 e. The maximum atomic E-state index is 5.48. The molecule has 0 unspecified atom stereocenters. The molecule has 0 atom stereocenters. The minimum absolute atomic E-state index is 0.597. The van der Waals surface area contributed by atoms with Crippen LogP contribution in [0.1, 0.15) is 0 Å². The fourth-order valence-electron chi connectivity index (χ4n) is 1.99. The number of thioether (sulfide) groups is 1. The number of aromatic amines is 1. The Hall–Kier alpha value is -2.34. The van der Waals surface area contributed by atoms with E-state index in [1.807, 2.05) is 24.3 Å². The third-order valence-corrected chi connectivity index (χ3v) is 3.92. The van der Waals surface area contributed by atoms with Gasteiger partial charge in [-0.05, 0) is 18.2 Å². The van der Waals surface area contributed by atoms with Crippen LogP contribution in [-0.2, 0) is 0 Å². The molecular formula is C15H14N4OS. The monoisotopic (exact) mass is 298 g/mol. The average molecular weight is 298 g/mol. The van der Waals surface area contributed by atoms with Gasteiger partial charge in [0.25, 0.3) is 0 Å². The first kappa shape index (κ1) is 13.6. The summed E-state index contributed by atoms with van der Waals surface area (Å²) in [5.41, 5.74) is 2.15. The molecular weight excluding hydrogens is 284 g/mol. The molecule has 2 aromatic heterocycles. The number of hydrogen-bond donors (Lipinski definition) is 1. The third kappa shape index (κ3) is 2.75. The first-order valence-electron chi connectivity index (χ1n) is 6.40. The second-order valence-corrected chi connectivity index (χ2v) is 5.37. The number of fused-ring (bicyclic) bond motifs is 1. The van der Waals surface area contributed by atoms with Crippen molar-refractivity contribution in [1.29, 1.82) is 0 Å². The van der Waals surface area contributed by atoms with E-state index in [9.17, 15) is 0 Å². The highest BCUT2D eigenvalue weighted by Crippen LogP contribution is 2.32. The van der Waals surface area contributed by atoms with Crippen molar-refractivity contribution < 1.29 is 4.74 Å². The Bertz CT molecular complexity index is 751. The smallest absolute Gasteiger partial charge is 0.197 e. The van der Waals surface area contributed by atoms with Crippen molar-refractivity contribution in [2.45, 2.75) is 4.90 Å². The molecule has 6 heteroatoms. The molecule has 0 saturated heterocycles. The van der Waals surface area contributed by atoms with Crippen LogP contribution in [0.25, 0.3) is 22.7 Å². The van der Waals surface area contributed by atoms with Crippen molar-refractivity contribution in [3.63, 3.8) is 0 Å². The Morgan fingerprint density at radius 1 is 1.33 bits per heavy atom. The average Bonchev–Trinajstić information content (AvgIpc) is 2.96. The maximum absolute atomic E-state index is 5.48. The van der Waals surface area contributed by atoms with Crippen molar-refractivity contribution in [2.24, 2.45) is 0 Å². The molecule has 3 aromatic rings. The molecule has 2 heterocycles. The van der Waals surface area contributed by atoms with Crippen molar-refractivity contribution in [2.75, 3.05) is 12.9 Å². The fraction of sp³-hybridized carbons (Fsp3) is 0.133. The van der Waals surface area contributed by atoms with Gasteiger partial charge in [0.2, 0.25) is 0 Å². The van der Waals surface area contributed by atoms with Gasteiger partial charge in [0, 0.05) is 23.0 Å². The van der Waals surface area contributed by atoms with Gasteiger partial charge in [-0.3, -0.25) is 0 Å². The quantitative estimate of drug-likeness (QED) is 0.578. The molecule has 106 valence electrons. The first-order chi connectivity index (χ1) is 10.3. The summed E-state index contributed by atoms with van der Waals surface area (Å²) in [5.74, 6) is 2.33. The molecule has 0 aliphatic carbocycles. The number of nitrogens with one attached hydrogen (secondary N) is 1. The van der Waals surface area contributed by atoms with Gasteiger partial charge in [-0.1, -0.05) is 6.08 Å². The number of aromatic nitrogens is 4. The van der Waals surface area contributed by atoms with Gasteiger partial charge in [0.05, 0.1) is 12.7 Å². The molecule has 5 nitrogen and oxygen atoms in total.